The van der Waals surface area contributed by atoms with E-state index in [2.05, 4.69) is 41.8 Å². The fraction of sp³-hybridized carbons (Fsp3) is 0.333. The van der Waals surface area contributed by atoms with Gasteiger partial charge in [0, 0.05) is 49.6 Å². The summed E-state index contributed by atoms with van der Waals surface area (Å²) in [4.78, 5) is 13.4. The van der Waals surface area contributed by atoms with Crippen molar-refractivity contribution in [1.29, 1.82) is 0 Å². The number of rotatable bonds is 3. The standard InChI is InChI=1S/C15H16BrClN4/c16-12-7-15(10-18-8-12)21-5-3-20(4-6-21)11-14-2-1-13(17)9-19-14/h1-2,7-10H,3-6,11H2. The molecule has 21 heavy (non-hydrogen) atoms. The zero-order valence-corrected chi connectivity index (χ0v) is 13.9. The van der Waals surface area contributed by atoms with Crippen molar-refractivity contribution in [3.63, 3.8) is 0 Å². The van der Waals surface area contributed by atoms with Gasteiger partial charge in [-0.05, 0) is 34.1 Å². The van der Waals surface area contributed by atoms with Crippen LogP contribution in [-0.2, 0) is 6.54 Å². The highest BCUT2D eigenvalue weighted by Crippen LogP contribution is 2.20. The Hall–Kier alpha value is -1.17. The molecule has 2 aromatic heterocycles. The Morgan fingerprint density at radius 3 is 2.57 bits per heavy atom. The second-order valence-corrected chi connectivity index (χ2v) is 6.44. The normalized spacial score (nSPS) is 16.2. The number of hydrogen-bond acceptors (Lipinski definition) is 4. The summed E-state index contributed by atoms with van der Waals surface area (Å²) in [6.45, 7) is 4.94. The first kappa shape index (κ1) is 14.8. The molecule has 1 saturated heterocycles. The summed E-state index contributed by atoms with van der Waals surface area (Å²) >= 11 is 9.33. The minimum Gasteiger partial charge on any atom is -0.368 e. The van der Waals surface area contributed by atoms with Crippen molar-refractivity contribution in [2.45, 2.75) is 6.54 Å². The molecule has 1 fully saturated rings. The summed E-state index contributed by atoms with van der Waals surface area (Å²) in [5.74, 6) is 0. The lowest BCUT2D eigenvalue weighted by molar-refractivity contribution is 0.247. The molecule has 110 valence electrons. The van der Waals surface area contributed by atoms with E-state index in [9.17, 15) is 0 Å². The summed E-state index contributed by atoms with van der Waals surface area (Å²) in [6, 6.07) is 6.00. The largest absolute Gasteiger partial charge is 0.368 e. The maximum Gasteiger partial charge on any atom is 0.0589 e. The average molecular weight is 368 g/mol. The molecule has 0 unspecified atom stereocenters. The molecule has 2 aromatic rings. The van der Waals surface area contributed by atoms with E-state index in [1.54, 1.807) is 6.20 Å². The van der Waals surface area contributed by atoms with Gasteiger partial charge in [0.2, 0.25) is 0 Å². The molecule has 0 aromatic carbocycles. The van der Waals surface area contributed by atoms with Crippen molar-refractivity contribution < 1.29 is 0 Å². The third kappa shape index (κ3) is 3.93. The second kappa shape index (κ2) is 6.73. The first-order chi connectivity index (χ1) is 10.2. The Bertz CT molecular complexity index is 597. The van der Waals surface area contributed by atoms with Crippen molar-refractivity contribution in [3.05, 3.63) is 52.0 Å². The van der Waals surface area contributed by atoms with Crippen LogP contribution in [0.4, 0.5) is 5.69 Å². The van der Waals surface area contributed by atoms with Crippen molar-refractivity contribution in [2.24, 2.45) is 0 Å². The third-order valence-corrected chi connectivity index (χ3v) is 4.26. The van der Waals surface area contributed by atoms with Crippen LogP contribution in [0.5, 0.6) is 0 Å². The van der Waals surface area contributed by atoms with Gasteiger partial charge in [0.25, 0.3) is 0 Å². The van der Waals surface area contributed by atoms with E-state index < -0.39 is 0 Å². The smallest absolute Gasteiger partial charge is 0.0589 e. The molecule has 4 nitrogen and oxygen atoms in total. The minimum absolute atomic E-state index is 0.686. The molecule has 0 N–H and O–H groups in total. The van der Waals surface area contributed by atoms with Crippen LogP contribution in [0, 0.1) is 0 Å². The van der Waals surface area contributed by atoms with Gasteiger partial charge < -0.3 is 4.90 Å². The predicted octanol–water partition coefficient (Wildman–Crippen LogP) is 3.21. The summed E-state index contributed by atoms with van der Waals surface area (Å²) in [5, 5.41) is 0.686. The number of nitrogens with zero attached hydrogens (tertiary/aromatic N) is 4. The Labute approximate surface area is 137 Å². The number of aromatic nitrogens is 2. The third-order valence-electron chi connectivity index (χ3n) is 3.60. The first-order valence-corrected chi connectivity index (χ1v) is 8.06. The molecule has 0 amide bonds. The van der Waals surface area contributed by atoms with Crippen molar-refractivity contribution in [1.82, 2.24) is 14.9 Å². The van der Waals surface area contributed by atoms with Crippen LogP contribution >= 0.6 is 27.5 Å². The van der Waals surface area contributed by atoms with E-state index >= 15 is 0 Å². The summed E-state index contributed by atoms with van der Waals surface area (Å²) in [7, 11) is 0. The van der Waals surface area contributed by atoms with Gasteiger partial charge in [-0.25, -0.2) is 0 Å². The Morgan fingerprint density at radius 1 is 1.10 bits per heavy atom. The predicted molar refractivity (Wildman–Crippen MR) is 88.7 cm³/mol. The quantitative estimate of drug-likeness (QED) is 0.834. The molecule has 0 bridgehead atoms. The highest BCUT2D eigenvalue weighted by molar-refractivity contribution is 9.10. The van der Waals surface area contributed by atoms with E-state index in [0.29, 0.717) is 5.02 Å². The van der Waals surface area contributed by atoms with Gasteiger partial charge in [-0.1, -0.05) is 11.6 Å². The van der Waals surface area contributed by atoms with Crippen molar-refractivity contribution in [2.75, 3.05) is 31.1 Å². The van der Waals surface area contributed by atoms with Crippen LogP contribution in [0.3, 0.4) is 0 Å². The van der Waals surface area contributed by atoms with Gasteiger partial charge in [-0.2, -0.15) is 0 Å². The highest BCUT2D eigenvalue weighted by Gasteiger charge is 2.18. The van der Waals surface area contributed by atoms with Crippen LogP contribution in [0.1, 0.15) is 5.69 Å². The Kier molecular flexibility index (Phi) is 4.73. The minimum atomic E-state index is 0.686. The molecule has 0 radical (unpaired) electrons. The summed E-state index contributed by atoms with van der Waals surface area (Å²) < 4.78 is 1.02. The van der Waals surface area contributed by atoms with E-state index in [1.165, 1.54) is 5.69 Å². The van der Waals surface area contributed by atoms with Crippen LogP contribution in [0.15, 0.2) is 41.3 Å². The second-order valence-electron chi connectivity index (χ2n) is 5.09. The maximum atomic E-state index is 5.86. The average Bonchev–Trinajstić information content (AvgIpc) is 2.50. The molecule has 0 saturated carbocycles. The van der Waals surface area contributed by atoms with Gasteiger partial charge in [0.1, 0.15) is 0 Å². The molecule has 3 heterocycles. The van der Waals surface area contributed by atoms with Gasteiger partial charge in [-0.3, -0.25) is 14.9 Å². The monoisotopic (exact) mass is 366 g/mol. The molecule has 0 aliphatic carbocycles. The number of piperazine rings is 1. The Balaban J connectivity index is 1.56. The zero-order chi connectivity index (χ0) is 14.7. The van der Waals surface area contributed by atoms with Crippen LogP contribution < -0.4 is 4.90 Å². The number of hydrogen-bond donors (Lipinski definition) is 0. The van der Waals surface area contributed by atoms with Gasteiger partial charge in [-0.15, -0.1) is 0 Å². The molecule has 1 aliphatic heterocycles. The van der Waals surface area contributed by atoms with Gasteiger partial charge in [0.05, 0.1) is 22.6 Å². The summed E-state index contributed by atoms with van der Waals surface area (Å²) in [5.41, 5.74) is 2.24. The topological polar surface area (TPSA) is 32.3 Å². The fourth-order valence-corrected chi connectivity index (χ4v) is 2.93. The number of anilines is 1. The fourth-order valence-electron chi connectivity index (χ4n) is 2.47. The SMILES string of the molecule is Clc1ccc(CN2CCN(c3cncc(Br)c3)CC2)nc1. The Morgan fingerprint density at radius 2 is 1.90 bits per heavy atom. The maximum absolute atomic E-state index is 5.86. The molecule has 0 spiro atoms. The molecular formula is C15H16BrClN4. The van der Waals surface area contributed by atoms with E-state index in [0.717, 1.165) is 42.9 Å². The van der Waals surface area contributed by atoms with Crippen molar-refractivity contribution >= 4 is 33.2 Å². The van der Waals surface area contributed by atoms with E-state index in [1.807, 2.05) is 24.5 Å². The molecule has 6 heteroatoms. The molecule has 1 aliphatic rings. The van der Waals surface area contributed by atoms with Gasteiger partial charge in [0.15, 0.2) is 0 Å². The van der Waals surface area contributed by atoms with Crippen LogP contribution in [-0.4, -0.2) is 41.0 Å². The number of pyridine rings is 2. The summed E-state index contributed by atoms with van der Waals surface area (Å²) in [6.07, 6.45) is 5.44. The zero-order valence-electron chi connectivity index (χ0n) is 11.5. The highest BCUT2D eigenvalue weighted by atomic mass is 79.9. The van der Waals surface area contributed by atoms with Gasteiger partial charge >= 0.3 is 0 Å². The van der Waals surface area contributed by atoms with E-state index in [4.69, 9.17) is 11.6 Å². The first-order valence-electron chi connectivity index (χ1n) is 6.89. The van der Waals surface area contributed by atoms with E-state index in [-0.39, 0.29) is 0 Å². The lowest BCUT2D eigenvalue weighted by atomic mass is 10.2. The lowest BCUT2D eigenvalue weighted by Gasteiger charge is -2.35. The lowest BCUT2D eigenvalue weighted by Crippen LogP contribution is -2.46. The molecular weight excluding hydrogens is 352 g/mol. The van der Waals surface area contributed by atoms with Crippen molar-refractivity contribution in [3.8, 4) is 0 Å². The molecule has 0 atom stereocenters. The molecule has 3 rings (SSSR count). The van der Waals surface area contributed by atoms with Crippen LogP contribution in [0.2, 0.25) is 5.02 Å². The van der Waals surface area contributed by atoms with Crippen LogP contribution in [0.25, 0.3) is 0 Å². The number of halogens is 2.